The van der Waals surface area contributed by atoms with Crippen molar-refractivity contribution in [3.63, 3.8) is 0 Å². The van der Waals surface area contributed by atoms with Crippen LogP contribution < -0.4 is 10.2 Å². The van der Waals surface area contributed by atoms with Crippen molar-refractivity contribution in [2.45, 2.75) is 187 Å². The van der Waals surface area contributed by atoms with Crippen molar-refractivity contribution in [3.8, 4) is 0 Å². The highest BCUT2D eigenvalue weighted by molar-refractivity contribution is 7.45. The molecule has 0 heterocycles. The molecule has 0 fully saturated rings. The van der Waals surface area contributed by atoms with Crippen LogP contribution in [-0.2, 0) is 18.4 Å². The monoisotopic (exact) mass is 715 g/mol. The second kappa shape index (κ2) is 32.9. The van der Waals surface area contributed by atoms with Crippen molar-refractivity contribution in [1.29, 1.82) is 0 Å². The van der Waals surface area contributed by atoms with Crippen LogP contribution in [-0.4, -0.2) is 68.5 Å². The van der Waals surface area contributed by atoms with E-state index in [-0.39, 0.29) is 12.5 Å². The molecule has 0 aliphatic carbocycles. The van der Waals surface area contributed by atoms with Crippen molar-refractivity contribution in [2.24, 2.45) is 0 Å². The lowest BCUT2D eigenvalue weighted by molar-refractivity contribution is -0.870. The first-order chi connectivity index (χ1) is 23.5. The normalized spacial score (nSPS) is 14.8. The number of nitrogens with zero attached hydrogens (tertiary/aromatic N) is 1. The Labute approximate surface area is 303 Å². The predicted molar refractivity (Wildman–Crippen MR) is 205 cm³/mol. The number of carbonyl (C=O) groups excluding carboxylic acids is 1. The number of nitrogens with one attached hydrogen (secondary N) is 1. The third-order valence-corrected chi connectivity index (χ3v) is 9.88. The Morgan fingerprint density at radius 2 is 1.14 bits per heavy atom. The molecule has 0 bridgehead atoms. The smallest absolute Gasteiger partial charge is 0.268 e. The Morgan fingerprint density at radius 1 is 0.694 bits per heavy atom. The van der Waals surface area contributed by atoms with E-state index in [0.29, 0.717) is 17.4 Å². The lowest BCUT2D eigenvalue weighted by atomic mass is 10.0. The van der Waals surface area contributed by atoms with Crippen molar-refractivity contribution in [3.05, 3.63) is 24.3 Å². The molecule has 2 N–H and O–H groups in total. The van der Waals surface area contributed by atoms with Crippen LogP contribution in [0.5, 0.6) is 0 Å². The fourth-order valence-corrected chi connectivity index (χ4v) is 6.36. The summed E-state index contributed by atoms with van der Waals surface area (Å²) in [5.41, 5.74) is 0. The first kappa shape index (κ1) is 48.0. The standard InChI is InChI=1S/C40H79N2O6P/c1-6-8-10-11-12-13-14-15-16-17-18-19-20-21-22-23-24-25-26-27-28-29-30-32-33-39(43)38(41-40(44)34-31-9-7-2)37-48-49(45,46)47-36-35-42(3,4)5/h27-28,32-33,38-39,43H,6-26,29-31,34-37H2,1-5H3,(H-,41,44,45,46)/b28-27+,33-32+. The van der Waals surface area contributed by atoms with Gasteiger partial charge in [-0.25, -0.2) is 0 Å². The number of phosphoric acid groups is 1. The van der Waals surface area contributed by atoms with Gasteiger partial charge in [-0.1, -0.05) is 160 Å². The molecule has 3 atom stereocenters. The summed E-state index contributed by atoms with van der Waals surface area (Å²) in [6.07, 6.45) is 37.5. The number of carbonyl (C=O) groups is 1. The third-order valence-electron chi connectivity index (χ3n) is 8.91. The molecule has 0 aromatic rings. The molecule has 0 saturated heterocycles. The number of unbranched alkanes of at least 4 members (excludes halogenated alkanes) is 21. The zero-order chi connectivity index (χ0) is 36.5. The van der Waals surface area contributed by atoms with Gasteiger partial charge in [-0.05, 0) is 32.1 Å². The van der Waals surface area contributed by atoms with Gasteiger partial charge in [-0.15, -0.1) is 0 Å². The van der Waals surface area contributed by atoms with E-state index in [0.717, 1.165) is 38.5 Å². The quantitative estimate of drug-likeness (QED) is 0.0290. The molecular formula is C40H79N2O6P. The van der Waals surface area contributed by atoms with Gasteiger partial charge in [-0.3, -0.25) is 9.36 Å². The van der Waals surface area contributed by atoms with Crippen LogP contribution in [0.3, 0.4) is 0 Å². The number of hydrogen-bond acceptors (Lipinski definition) is 6. The first-order valence-corrected chi connectivity index (χ1v) is 21.7. The van der Waals surface area contributed by atoms with Crippen LogP contribution in [0, 0.1) is 0 Å². The fraction of sp³-hybridized carbons (Fsp3) is 0.875. The molecule has 1 amide bonds. The number of aliphatic hydroxyl groups is 1. The second-order valence-corrected chi connectivity index (χ2v) is 16.4. The van der Waals surface area contributed by atoms with E-state index in [1.54, 1.807) is 6.08 Å². The molecule has 49 heavy (non-hydrogen) atoms. The molecule has 8 nitrogen and oxygen atoms in total. The minimum absolute atomic E-state index is 0.00612. The Hall–Kier alpha value is -1.02. The minimum Gasteiger partial charge on any atom is -0.756 e. The molecule has 0 spiro atoms. The van der Waals surface area contributed by atoms with Crippen molar-refractivity contribution in [2.75, 3.05) is 40.9 Å². The Balaban J connectivity index is 4.09. The van der Waals surface area contributed by atoms with Crippen molar-refractivity contribution in [1.82, 2.24) is 5.32 Å². The van der Waals surface area contributed by atoms with Crippen LogP contribution in [0.1, 0.15) is 174 Å². The highest BCUT2D eigenvalue weighted by Crippen LogP contribution is 2.38. The highest BCUT2D eigenvalue weighted by atomic mass is 31.2. The Morgan fingerprint density at radius 3 is 1.65 bits per heavy atom. The van der Waals surface area contributed by atoms with Crippen LogP contribution in [0.25, 0.3) is 0 Å². The lowest BCUT2D eigenvalue weighted by Crippen LogP contribution is -2.45. The van der Waals surface area contributed by atoms with Gasteiger partial charge in [0.05, 0.1) is 39.9 Å². The van der Waals surface area contributed by atoms with Gasteiger partial charge in [-0.2, -0.15) is 0 Å². The maximum Gasteiger partial charge on any atom is 0.268 e. The number of allylic oxidation sites excluding steroid dienone is 3. The zero-order valence-electron chi connectivity index (χ0n) is 32.6. The number of rotatable bonds is 36. The van der Waals surface area contributed by atoms with E-state index in [4.69, 9.17) is 9.05 Å². The molecule has 9 heteroatoms. The van der Waals surface area contributed by atoms with Gasteiger partial charge >= 0.3 is 0 Å². The van der Waals surface area contributed by atoms with E-state index in [1.165, 1.54) is 116 Å². The number of likely N-dealkylation sites (N-methyl/N-ethyl adjacent to an activating group) is 1. The van der Waals surface area contributed by atoms with E-state index in [9.17, 15) is 19.4 Å². The van der Waals surface area contributed by atoms with Gasteiger partial charge in [0.15, 0.2) is 0 Å². The molecular weight excluding hydrogens is 635 g/mol. The van der Waals surface area contributed by atoms with Gasteiger partial charge in [0.25, 0.3) is 7.82 Å². The average Bonchev–Trinajstić information content (AvgIpc) is 3.04. The van der Waals surface area contributed by atoms with E-state index in [1.807, 2.05) is 27.2 Å². The predicted octanol–water partition coefficient (Wildman–Crippen LogP) is 9.94. The largest absolute Gasteiger partial charge is 0.756 e. The van der Waals surface area contributed by atoms with Crippen molar-refractivity contribution < 1.29 is 32.9 Å². The SMILES string of the molecule is CCCCCCCCCCCCCCCCCCCC/C=C/CC/C=C/C(O)C(COP(=O)([O-])OCC[N+](C)(C)C)NC(=O)CCCCC. The van der Waals surface area contributed by atoms with Crippen LogP contribution >= 0.6 is 7.82 Å². The molecule has 0 aromatic heterocycles. The number of phosphoric ester groups is 1. The summed E-state index contributed by atoms with van der Waals surface area (Å²) in [4.78, 5) is 24.7. The zero-order valence-corrected chi connectivity index (χ0v) is 33.5. The number of hydrogen-bond donors (Lipinski definition) is 2. The van der Waals surface area contributed by atoms with E-state index >= 15 is 0 Å². The maximum atomic E-state index is 12.4. The molecule has 0 aromatic carbocycles. The van der Waals surface area contributed by atoms with Gasteiger partial charge in [0.1, 0.15) is 13.2 Å². The van der Waals surface area contributed by atoms with Gasteiger partial charge in [0, 0.05) is 6.42 Å². The van der Waals surface area contributed by atoms with Crippen LogP contribution in [0.15, 0.2) is 24.3 Å². The fourth-order valence-electron chi connectivity index (χ4n) is 5.64. The summed E-state index contributed by atoms with van der Waals surface area (Å²) >= 11 is 0. The number of amides is 1. The Bertz CT molecular complexity index is 860. The summed E-state index contributed by atoms with van der Waals surface area (Å²) in [6.45, 7) is 4.44. The third kappa shape index (κ3) is 35.2. The van der Waals surface area contributed by atoms with E-state index < -0.39 is 26.6 Å². The summed E-state index contributed by atoms with van der Waals surface area (Å²) in [7, 11) is 1.24. The van der Waals surface area contributed by atoms with Gasteiger partial charge < -0.3 is 28.8 Å². The first-order valence-electron chi connectivity index (χ1n) is 20.2. The summed E-state index contributed by atoms with van der Waals surface area (Å²) < 4.78 is 22.9. The highest BCUT2D eigenvalue weighted by Gasteiger charge is 2.23. The molecule has 0 rings (SSSR count). The van der Waals surface area contributed by atoms with Crippen LogP contribution in [0.4, 0.5) is 0 Å². The molecule has 0 aliphatic rings. The van der Waals surface area contributed by atoms with Crippen LogP contribution in [0.2, 0.25) is 0 Å². The summed E-state index contributed by atoms with van der Waals surface area (Å²) in [5, 5.41) is 13.5. The average molecular weight is 715 g/mol. The topological polar surface area (TPSA) is 108 Å². The molecule has 0 aliphatic heterocycles. The molecule has 0 radical (unpaired) electrons. The second-order valence-electron chi connectivity index (χ2n) is 15.0. The molecule has 3 unspecified atom stereocenters. The number of aliphatic hydroxyl groups excluding tert-OH is 1. The molecule has 0 saturated carbocycles. The minimum atomic E-state index is -4.57. The molecule has 290 valence electrons. The summed E-state index contributed by atoms with van der Waals surface area (Å²) in [6, 6.07) is -0.894. The summed E-state index contributed by atoms with van der Waals surface area (Å²) in [5.74, 6) is -0.233. The number of quaternary nitrogens is 1. The Kier molecular flexibility index (Phi) is 32.2. The van der Waals surface area contributed by atoms with E-state index in [2.05, 4.69) is 31.3 Å². The lowest BCUT2D eigenvalue weighted by Gasteiger charge is -2.29. The van der Waals surface area contributed by atoms with Crippen molar-refractivity contribution >= 4 is 13.7 Å². The van der Waals surface area contributed by atoms with Gasteiger partial charge in [0.2, 0.25) is 5.91 Å². The maximum absolute atomic E-state index is 12.4.